The van der Waals surface area contributed by atoms with Crippen LogP contribution in [-0.4, -0.2) is 40.1 Å². The number of nitrogens with one attached hydrogen (secondary N) is 1. The fourth-order valence-electron chi connectivity index (χ4n) is 3.19. The van der Waals surface area contributed by atoms with E-state index in [1.807, 2.05) is 42.5 Å². The molecule has 7 heteroatoms. The van der Waals surface area contributed by atoms with Gasteiger partial charge in [-0.2, -0.15) is 0 Å². The summed E-state index contributed by atoms with van der Waals surface area (Å²) < 4.78 is 7.62. The van der Waals surface area contributed by atoms with Crippen molar-refractivity contribution in [2.45, 2.75) is 38.4 Å². The number of rotatable bonds is 11. The van der Waals surface area contributed by atoms with E-state index in [0.717, 1.165) is 35.1 Å². The number of amides is 1. The highest BCUT2D eigenvalue weighted by atomic mass is 32.2. The third-order valence-electron chi connectivity index (χ3n) is 4.91. The molecule has 3 rings (SSSR count). The van der Waals surface area contributed by atoms with E-state index in [0.29, 0.717) is 24.8 Å². The lowest BCUT2D eigenvalue weighted by Gasteiger charge is -2.12. The van der Waals surface area contributed by atoms with Gasteiger partial charge in [-0.05, 0) is 36.5 Å². The van der Waals surface area contributed by atoms with E-state index in [9.17, 15) is 4.79 Å². The number of aryl methyl sites for hydroxylation is 1. The lowest BCUT2D eigenvalue weighted by molar-refractivity contribution is -0.118. The number of aromatic nitrogens is 3. The molecule has 1 aromatic heterocycles. The number of hydrogen-bond acceptors (Lipinski definition) is 5. The number of benzene rings is 2. The lowest BCUT2D eigenvalue weighted by Crippen LogP contribution is -2.27. The summed E-state index contributed by atoms with van der Waals surface area (Å²) in [5.41, 5.74) is 2.13. The van der Waals surface area contributed by atoms with Gasteiger partial charge in [0.15, 0.2) is 11.0 Å². The molecule has 0 bridgehead atoms. The maximum Gasteiger partial charge on any atom is 0.230 e. The molecule has 0 aliphatic rings. The highest BCUT2D eigenvalue weighted by molar-refractivity contribution is 7.99. The Morgan fingerprint density at radius 2 is 1.84 bits per heavy atom. The van der Waals surface area contributed by atoms with Crippen LogP contribution in [0.5, 0.6) is 5.75 Å². The Labute approximate surface area is 188 Å². The van der Waals surface area contributed by atoms with Crippen molar-refractivity contribution < 1.29 is 9.53 Å². The van der Waals surface area contributed by atoms with Gasteiger partial charge in [0.2, 0.25) is 5.91 Å². The minimum absolute atomic E-state index is 0.0158. The van der Waals surface area contributed by atoms with Gasteiger partial charge in [0.05, 0.1) is 18.4 Å². The van der Waals surface area contributed by atoms with Gasteiger partial charge in [0, 0.05) is 13.1 Å². The van der Waals surface area contributed by atoms with E-state index in [2.05, 4.69) is 46.1 Å². The zero-order chi connectivity index (χ0) is 22.1. The Balaban J connectivity index is 1.78. The zero-order valence-electron chi connectivity index (χ0n) is 18.4. The Morgan fingerprint density at radius 3 is 2.58 bits per heavy atom. The molecule has 0 saturated carbocycles. The van der Waals surface area contributed by atoms with Crippen LogP contribution in [0.1, 0.15) is 25.8 Å². The lowest BCUT2D eigenvalue weighted by atomic mass is 10.1. The van der Waals surface area contributed by atoms with Crippen LogP contribution < -0.4 is 10.1 Å². The van der Waals surface area contributed by atoms with Crippen molar-refractivity contribution >= 4 is 17.7 Å². The van der Waals surface area contributed by atoms with Crippen LogP contribution in [0.15, 0.2) is 59.8 Å². The van der Waals surface area contributed by atoms with E-state index in [4.69, 9.17) is 4.74 Å². The molecule has 1 heterocycles. The predicted octanol–water partition coefficient (Wildman–Crippen LogP) is 4.45. The Morgan fingerprint density at radius 1 is 1.10 bits per heavy atom. The first-order chi connectivity index (χ1) is 15.1. The topological polar surface area (TPSA) is 69.0 Å². The van der Waals surface area contributed by atoms with Gasteiger partial charge < -0.3 is 14.6 Å². The molecule has 1 amide bonds. The van der Waals surface area contributed by atoms with Gasteiger partial charge in [-0.1, -0.05) is 68.1 Å². The second kappa shape index (κ2) is 11.6. The molecule has 0 atom stereocenters. The SMILES string of the molecule is COc1ccccc1-c1nnc(SCC(=O)NCCC(C)C)n1CCc1ccccc1. The molecule has 3 aromatic rings. The summed E-state index contributed by atoms with van der Waals surface area (Å²) in [6.07, 6.45) is 1.82. The summed E-state index contributed by atoms with van der Waals surface area (Å²) in [5, 5.41) is 12.6. The van der Waals surface area contributed by atoms with E-state index in [-0.39, 0.29) is 5.91 Å². The molecule has 1 N–H and O–H groups in total. The highest BCUT2D eigenvalue weighted by Gasteiger charge is 2.18. The Bertz CT molecular complexity index is 973. The minimum Gasteiger partial charge on any atom is -0.496 e. The van der Waals surface area contributed by atoms with Gasteiger partial charge >= 0.3 is 0 Å². The van der Waals surface area contributed by atoms with E-state index >= 15 is 0 Å². The summed E-state index contributed by atoms with van der Waals surface area (Å²) >= 11 is 1.41. The van der Waals surface area contributed by atoms with Crippen molar-refractivity contribution in [3.8, 4) is 17.1 Å². The normalized spacial score (nSPS) is 11.0. The monoisotopic (exact) mass is 438 g/mol. The average Bonchev–Trinajstić information content (AvgIpc) is 3.19. The zero-order valence-corrected chi connectivity index (χ0v) is 19.2. The average molecular weight is 439 g/mol. The standard InChI is InChI=1S/C24H30N4O2S/c1-18(2)13-15-25-22(29)17-31-24-27-26-23(20-11-7-8-12-21(20)30-3)28(24)16-14-19-9-5-4-6-10-19/h4-12,18H,13-17H2,1-3H3,(H,25,29). The Hall–Kier alpha value is -2.80. The predicted molar refractivity (Wildman–Crippen MR) is 125 cm³/mol. The minimum atomic E-state index is 0.0158. The molecule has 0 unspecified atom stereocenters. The molecule has 0 spiro atoms. The van der Waals surface area contributed by atoms with Crippen LogP contribution in [-0.2, 0) is 17.8 Å². The molecule has 0 fully saturated rings. The Kier molecular flexibility index (Phi) is 8.53. The van der Waals surface area contributed by atoms with Crippen LogP contribution in [0.25, 0.3) is 11.4 Å². The van der Waals surface area contributed by atoms with Crippen molar-refractivity contribution in [1.29, 1.82) is 0 Å². The quantitative estimate of drug-likeness (QED) is 0.448. The maximum atomic E-state index is 12.3. The largest absolute Gasteiger partial charge is 0.496 e. The highest BCUT2D eigenvalue weighted by Crippen LogP contribution is 2.31. The van der Waals surface area contributed by atoms with Crippen LogP contribution in [0.4, 0.5) is 0 Å². The number of hydrogen-bond donors (Lipinski definition) is 1. The first-order valence-corrected chi connectivity index (χ1v) is 11.6. The fourth-order valence-corrected chi connectivity index (χ4v) is 3.99. The molecule has 0 radical (unpaired) electrons. The summed E-state index contributed by atoms with van der Waals surface area (Å²) in [6.45, 7) is 5.71. The number of para-hydroxylation sites is 1. The molecule has 2 aromatic carbocycles. The number of carbonyl (C=O) groups is 1. The van der Waals surface area contributed by atoms with Gasteiger partial charge in [0.1, 0.15) is 5.75 Å². The summed E-state index contributed by atoms with van der Waals surface area (Å²) in [4.78, 5) is 12.3. The van der Waals surface area contributed by atoms with E-state index in [1.165, 1.54) is 17.3 Å². The number of carbonyl (C=O) groups excluding carboxylic acids is 1. The fraction of sp³-hybridized carbons (Fsp3) is 0.375. The molecular formula is C24H30N4O2S. The summed E-state index contributed by atoms with van der Waals surface area (Å²) in [5.74, 6) is 2.39. The number of nitrogens with zero attached hydrogens (tertiary/aromatic N) is 3. The third kappa shape index (κ3) is 6.59. The second-order valence-corrected chi connectivity index (χ2v) is 8.66. The molecule has 0 aliphatic carbocycles. The van der Waals surface area contributed by atoms with Crippen LogP contribution in [0.2, 0.25) is 0 Å². The van der Waals surface area contributed by atoms with Gasteiger partial charge in [-0.3, -0.25) is 4.79 Å². The maximum absolute atomic E-state index is 12.3. The molecule has 164 valence electrons. The number of methoxy groups -OCH3 is 1. The third-order valence-corrected chi connectivity index (χ3v) is 5.87. The second-order valence-electron chi connectivity index (χ2n) is 7.71. The molecule has 6 nitrogen and oxygen atoms in total. The van der Waals surface area contributed by atoms with Gasteiger partial charge in [-0.25, -0.2) is 0 Å². The first kappa shape index (κ1) is 22.9. The van der Waals surface area contributed by atoms with Crippen molar-refractivity contribution in [3.63, 3.8) is 0 Å². The number of thioether (sulfide) groups is 1. The summed E-state index contributed by atoms with van der Waals surface area (Å²) in [7, 11) is 1.65. The van der Waals surface area contributed by atoms with Crippen molar-refractivity contribution in [1.82, 2.24) is 20.1 Å². The van der Waals surface area contributed by atoms with Crippen LogP contribution in [0.3, 0.4) is 0 Å². The van der Waals surface area contributed by atoms with E-state index < -0.39 is 0 Å². The number of ether oxygens (including phenoxy) is 1. The van der Waals surface area contributed by atoms with Crippen molar-refractivity contribution in [2.24, 2.45) is 5.92 Å². The molecule has 0 saturated heterocycles. The first-order valence-electron chi connectivity index (χ1n) is 10.6. The van der Waals surface area contributed by atoms with Crippen molar-refractivity contribution in [3.05, 3.63) is 60.2 Å². The van der Waals surface area contributed by atoms with Gasteiger partial charge in [-0.15, -0.1) is 10.2 Å². The van der Waals surface area contributed by atoms with Crippen LogP contribution >= 0.6 is 11.8 Å². The summed E-state index contributed by atoms with van der Waals surface area (Å²) in [6, 6.07) is 18.1. The molecule has 0 aliphatic heterocycles. The molecule has 31 heavy (non-hydrogen) atoms. The smallest absolute Gasteiger partial charge is 0.230 e. The molecular weight excluding hydrogens is 408 g/mol. The van der Waals surface area contributed by atoms with Gasteiger partial charge in [0.25, 0.3) is 0 Å². The van der Waals surface area contributed by atoms with Crippen molar-refractivity contribution in [2.75, 3.05) is 19.4 Å². The van der Waals surface area contributed by atoms with E-state index in [1.54, 1.807) is 7.11 Å². The van der Waals surface area contributed by atoms with Crippen LogP contribution in [0, 0.1) is 5.92 Å².